The number of oxime groups is 1. The highest BCUT2D eigenvalue weighted by Crippen LogP contribution is 2.40. The van der Waals surface area contributed by atoms with Gasteiger partial charge in [-0.25, -0.2) is 19.2 Å². The van der Waals surface area contributed by atoms with Gasteiger partial charge in [0.05, 0.1) is 25.4 Å². The number of rotatable bonds is 14. The highest BCUT2D eigenvalue weighted by molar-refractivity contribution is 5.98. The second-order valence-electron chi connectivity index (χ2n) is 11.9. The molecule has 6 rings (SSSR count). The first-order valence-electron chi connectivity index (χ1n) is 16.5. The molecule has 0 radical (unpaired) electrons. The van der Waals surface area contributed by atoms with E-state index in [1.165, 1.54) is 18.5 Å². The number of amides is 1. The molecule has 0 saturated carbocycles. The van der Waals surface area contributed by atoms with Gasteiger partial charge in [0.15, 0.2) is 5.96 Å². The Bertz CT molecular complexity index is 1880. The molecule has 1 amide bonds. The van der Waals surface area contributed by atoms with Gasteiger partial charge in [0.1, 0.15) is 30.7 Å². The van der Waals surface area contributed by atoms with Crippen LogP contribution in [-0.2, 0) is 31.3 Å². The highest BCUT2D eigenvalue weighted by atomic mass is 19.1. The fourth-order valence-electron chi connectivity index (χ4n) is 5.80. The molecule has 52 heavy (non-hydrogen) atoms. The van der Waals surface area contributed by atoms with E-state index >= 15 is 4.39 Å². The quantitative estimate of drug-likeness (QED) is 0.0578. The van der Waals surface area contributed by atoms with Crippen LogP contribution in [0.2, 0.25) is 0 Å². The van der Waals surface area contributed by atoms with Crippen molar-refractivity contribution in [2.24, 2.45) is 10.9 Å². The molecular formula is C39H38FN7O5. The standard InChI is InChI=1S/C39H38FN7O5/c1-49-33(25-51-39(29-13-5-2-6-14-29,30-15-7-3-8-16-30)31-17-9-4-10-18-31)26-52-46-32-22-47(23-32)37-43-20-28(21-44-37)34-19-11-12-27(35(34)40)24-50-38(48)45-36(41)42/h2-21,33H,22-26H2,1H3,(H4,41,42,45,48). The minimum absolute atomic E-state index is 0.147. The van der Waals surface area contributed by atoms with Crippen molar-refractivity contribution >= 4 is 23.7 Å². The largest absolute Gasteiger partial charge is 0.444 e. The lowest BCUT2D eigenvalue weighted by atomic mass is 9.80. The summed E-state index contributed by atoms with van der Waals surface area (Å²) in [5, 5.41) is 13.4. The van der Waals surface area contributed by atoms with Crippen molar-refractivity contribution in [2.75, 3.05) is 38.3 Å². The zero-order valence-electron chi connectivity index (χ0n) is 28.4. The van der Waals surface area contributed by atoms with Crippen molar-refractivity contribution in [2.45, 2.75) is 18.3 Å². The average Bonchev–Trinajstić information content (AvgIpc) is 3.16. The average molecular weight is 704 g/mol. The number of ether oxygens (including phenoxy) is 3. The predicted octanol–water partition coefficient (Wildman–Crippen LogP) is 5.62. The number of nitrogens with zero attached hydrogens (tertiary/aromatic N) is 4. The number of methoxy groups -OCH3 is 1. The Kier molecular flexibility index (Phi) is 11.4. The van der Waals surface area contributed by atoms with E-state index in [-0.39, 0.29) is 30.9 Å². The van der Waals surface area contributed by atoms with Crippen LogP contribution in [0.5, 0.6) is 0 Å². The van der Waals surface area contributed by atoms with Crippen LogP contribution in [0, 0.1) is 11.2 Å². The van der Waals surface area contributed by atoms with Gasteiger partial charge in [0, 0.05) is 36.2 Å². The van der Waals surface area contributed by atoms with Crippen LogP contribution >= 0.6 is 0 Å². The number of nitrogens with one attached hydrogen (secondary N) is 2. The maximum Gasteiger partial charge on any atom is 0.414 e. The van der Waals surface area contributed by atoms with Crippen molar-refractivity contribution in [3.63, 3.8) is 0 Å². The van der Waals surface area contributed by atoms with E-state index < -0.39 is 29.6 Å². The Hall–Kier alpha value is -6.18. The number of hydrogen-bond donors (Lipinski definition) is 3. The molecule has 1 aromatic heterocycles. The second-order valence-corrected chi connectivity index (χ2v) is 11.9. The van der Waals surface area contributed by atoms with E-state index in [0.717, 1.165) is 22.4 Å². The summed E-state index contributed by atoms with van der Waals surface area (Å²) in [5.74, 6) is -0.680. The number of nitrogens with two attached hydrogens (primary N) is 1. The van der Waals surface area contributed by atoms with Gasteiger partial charge < -0.3 is 29.7 Å². The van der Waals surface area contributed by atoms with Crippen LogP contribution in [0.3, 0.4) is 0 Å². The number of carbonyl (C=O) groups is 1. The lowest BCUT2D eigenvalue weighted by molar-refractivity contribution is -0.0780. The fraction of sp³-hybridized carbons (Fsp3) is 0.205. The van der Waals surface area contributed by atoms with Crippen molar-refractivity contribution in [1.82, 2.24) is 15.3 Å². The molecule has 4 aromatic carbocycles. The number of hydrogen-bond acceptors (Lipinski definition) is 10. The maximum atomic E-state index is 15.2. The summed E-state index contributed by atoms with van der Waals surface area (Å²) in [6.07, 6.45) is 1.70. The predicted molar refractivity (Wildman–Crippen MR) is 194 cm³/mol. The van der Waals surface area contributed by atoms with Gasteiger partial charge in [-0.05, 0) is 16.7 Å². The van der Waals surface area contributed by atoms with E-state index in [4.69, 9.17) is 30.2 Å². The Morgan fingerprint density at radius 3 is 2.02 bits per heavy atom. The van der Waals surface area contributed by atoms with Crippen LogP contribution in [0.4, 0.5) is 15.1 Å². The fourth-order valence-corrected chi connectivity index (χ4v) is 5.80. The van der Waals surface area contributed by atoms with Crippen LogP contribution in [-0.4, -0.2) is 67.2 Å². The molecular weight excluding hydrogens is 665 g/mol. The van der Waals surface area contributed by atoms with Crippen molar-refractivity contribution in [3.05, 3.63) is 150 Å². The molecule has 1 aliphatic heterocycles. The third kappa shape index (κ3) is 8.23. The topological polar surface area (TPSA) is 157 Å². The van der Waals surface area contributed by atoms with Crippen LogP contribution in [0.15, 0.2) is 127 Å². The highest BCUT2D eigenvalue weighted by Gasteiger charge is 2.38. The summed E-state index contributed by atoms with van der Waals surface area (Å²) in [5.41, 5.74) is 8.88. The molecule has 1 fully saturated rings. The lowest BCUT2D eigenvalue weighted by Gasteiger charge is -2.37. The van der Waals surface area contributed by atoms with E-state index in [2.05, 4.69) is 51.5 Å². The summed E-state index contributed by atoms with van der Waals surface area (Å²) in [6, 6.07) is 35.1. The molecule has 1 atom stereocenters. The zero-order chi connectivity index (χ0) is 36.3. The van der Waals surface area contributed by atoms with Gasteiger partial charge >= 0.3 is 6.09 Å². The summed E-state index contributed by atoms with van der Waals surface area (Å²) < 4.78 is 32.8. The van der Waals surface area contributed by atoms with E-state index in [9.17, 15) is 4.79 Å². The Morgan fingerprint density at radius 2 is 1.48 bits per heavy atom. The summed E-state index contributed by atoms with van der Waals surface area (Å²) in [6.45, 7) is 1.00. The molecule has 5 aromatic rings. The van der Waals surface area contributed by atoms with Crippen molar-refractivity contribution in [1.29, 1.82) is 5.41 Å². The molecule has 2 heterocycles. The minimum Gasteiger partial charge on any atom is -0.444 e. The molecule has 1 saturated heterocycles. The van der Waals surface area contributed by atoms with Gasteiger partial charge in [-0.3, -0.25) is 10.7 Å². The number of alkyl carbamates (subject to hydrolysis) is 1. The SMILES string of the molecule is COC(CON=C1CN(c2ncc(-c3cccc(COC(=O)NC(=N)N)c3F)cn2)C1)COC(c1ccccc1)(c1ccccc1)c1ccccc1. The first-order chi connectivity index (χ1) is 25.4. The first-order valence-corrected chi connectivity index (χ1v) is 16.5. The molecule has 13 heteroatoms. The summed E-state index contributed by atoms with van der Waals surface area (Å²) in [7, 11) is 1.62. The molecule has 4 N–H and O–H groups in total. The smallest absolute Gasteiger partial charge is 0.414 e. The number of carbonyl (C=O) groups excluding carboxylic acids is 1. The van der Waals surface area contributed by atoms with Gasteiger partial charge in [-0.2, -0.15) is 0 Å². The third-order valence-corrected chi connectivity index (χ3v) is 8.47. The van der Waals surface area contributed by atoms with Crippen LogP contribution in [0.1, 0.15) is 22.3 Å². The van der Waals surface area contributed by atoms with Gasteiger partial charge in [-0.15, -0.1) is 0 Å². The molecule has 0 aliphatic carbocycles. The minimum atomic E-state index is -0.951. The van der Waals surface area contributed by atoms with Gasteiger partial charge in [0.2, 0.25) is 5.95 Å². The lowest BCUT2D eigenvalue weighted by Crippen LogP contribution is -2.48. The Balaban J connectivity index is 1.05. The molecule has 0 spiro atoms. The van der Waals surface area contributed by atoms with E-state index in [0.29, 0.717) is 24.6 Å². The molecule has 266 valence electrons. The monoisotopic (exact) mass is 703 g/mol. The summed E-state index contributed by atoms with van der Waals surface area (Å²) in [4.78, 5) is 28.1. The summed E-state index contributed by atoms with van der Waals surface area (Å²) >= 11 is 0. The van der Waals surface area contributed by atoms with Gasteiger partial charge in [-0.1, -0.05) is 114 Å². The normalized spacial score (nSPS) is 13.1. The molecule has 1 unspecified atom stereocenters. The van der Waals surface area contributed by atoms with Crippen molar-refractivity contribution < 1.29 is 28.2 Å². The number of guanidine groups is 1. The number of aromatic nitrogens is 2. The number of anilines is 1. The van der Waals surface area contributed by atoms with Crippen LogP contribution < -0.4 is 16.0 Å². The first kappa shape index (κ1) is 35.6. The van der Waals surface area contributed by atoms with E-state index in [1.54, 1.807) is 19.2 Å². The number of halogens is 1. The molecule has 1 aliphatic rings. The maximum absolute atomic E-state index is 15.2. The Morgan fingerprint density at radius 1 is 0.904 bits per heavy atom. The number of benzene rings is 4. The molecule has 0 bridgehead atoms. The molecule has 12 nitrogen and oxygen atoms in total. The zero-order valence-corrected chi connectivity index (χ0v) is 28.4. The van der Waals surface area contributed by atoms with Crippen LogP contribution in [0.25, 0.3) is 11.1 Å². The second kappa shape index (κ2) is 16.7. The Labute approximate surface area is 300 Å². The van der Waals surface area contributed by atoms with Gasteiger partial charge in [0.25, 0.3) is 0 Å². The van der Waals surface area contributed by atoms with Crippen molar-refractivity contribution in [3.8, 4) is 11.1 Å². The third-order valence-electron chi connectivity index (χ3n) is 8.47. The van der Waals surface area contributed by atoms with E-state index in [1.807, 2.05) is 64.8 Å².